The van der Waals surface area contributed by atoms with Crippen molar-refractivity contribution >= 4 is 10.0 Å². The normalized spacial score (nSPS) is 23.5. The number of fused-ring (bicyclic) bond motifs is 2. The van der Waals surface area contributed by atoms with Crippen LogP contribution in [0.2, 0.25) is 0 Å². The Hall–Kier alpha value is -2.47. The Labute approximate surface area is 190 Å². The average Bonchev–Trinajstić information content (AvgIpc) is 3.03. The molecule has 2 aromatic heterocycles. The SMILES string of the molecule is Cc1ncccc1Oc1ncnc(OC2C[C@H]3CC[C@@H](C2)N3S(=O)(=O)CCC(F)(F)F)c1C. The molecule has 12 heteroatoms. The third-order valence-electron chi connectivity index (χ3n) is 6.02. The lowest BCUT2D eigenvalue weighted by Gasteiger charge is -2.37. The van der Waals surface area contributed by atoms with Gasteiger partial charge in [-0.25, -0.2) is 18.4 Å². The molecule has 0 saturated carbocycles. The topological polar surface area (TPSA) is 94.5 Å². The Bertz CT molecular complexity index is 1100. The van der Waals surface area contributed by atoms with Gasteiger partial charge in [0.25, 0.3) is 0 Å². The summed E-state index contributed by atoms with van der Waals surface area (Å²) in [6.07, 6.45) is -1.18. The van der Waals surface area contributed by atoms with Crippen molar-refractivity contribution in [2.45, 2.75) is 70.3 Å². The number of halogens is 3. The minimum Gasteiger partial charge on any atom is -0.474 e. The van der Waals surface area contributed by atoms with E-state index < -0.39 is 28.4 Å². The van der Waals surface area contributed by atoms with Gasteiger partial charge in [0.1, 0.15) is 12.4 Å². The molecule has 2 aliphatic heterocycles. The molecular formula is C21H25F3N4O4S. The van der Waals surface area contributed by atoms with Crippen molar-refractivity contribution in [1.29, 1.82) is 0 Å². The Morgan fingerprint density at radius 1 is 1.09 bits per heavy atom. The molecule has 0 amide bonds. The molecule has 33 heavy (non-hydrogen) atoms. The third kappa shape index (κ3) is 5.37. The number of pyridine rings is 1. The number of hydrogen-bond acceptors (Lipinski definition) is 7. The zero-order chi connectivity index (χ0) is 23.8. The van der Waals surface area contributed by atoms with Crippen molar-refractivity contribution in [1.82, 2.24) is 19.3 Å². The van der Waals surface area contributed by atoms with Crippen molar-refractivity contribution in [2.75, 3.05) is 5.75 Å². The second kappa shape index (κ2) is 9.05. The number of aryl methyl sites for hydroxylation is 1. The van der Waals surface area contributed by atoms with Crippen molar-refractivity contribution in [3.63, 3.8) is 0 Å². The highest BCUT2D eigenvalue weighted by molar-refractivity contribution is 7.89. The van der Waals surface area contributed by atoms with Gasteiger partial charge in [0.05, 0.1) is 23.4 Å². The van der Waals surface area contributed by atoms with E-state index in [1.54, 1.807) is 25.3 Å². The molecule has 4 heterocycles. The highest BCUT2D eigenvalue weighted by atomic mass is 32.2. The minimum atomic E-state index is -4.51. The number of rotatable bonds is 7. The lowest BCUT2D eigenvalue weighted by molar-refractivity contribution is -0.130. The van der Waals surface area contributed by atoms with Crippen LogP contribution in [0.25, 0.3) is 0 Å². The van der Waals surface area contributed by atoms with Gasteiger partial charge in [-0.05, 0) is 38.8 Å². The van der Waals surface area contributed by atoms with Crippen LogP contribution >= 0.6 is 0 Å². The van der Waals surface area contributed by atoms with Crippen molar-refractivity contribution in [3.8, 4) is 17.5 Å². The highest BCUT2D eigenvalue weighted by Crippen LogP contribution is 2.40. The van der Waals surface area contributed by atoms with Crippen LogP contribution in [0.4, 0.5) is 13.2 Å². The largest absolute Gasteiger partial charge is 0.474 e. The van der Waals surface area contributed by atoms with Gasteiger partial charge in [0, 0.05) is 31.1 Å². The Balaban J connectivity index is 1.44. The molecule has 3 atom stereocenters. The number of ether oxygens (including phenoxy) is 2. The molecule has 0 radical (unpaired) electrons. The first-order valence-electron chi connectivity index (χ1n) is 10.7. The first-order chi connectivity index (χ1) is 15.5. The highest BCUT2D eigenvalue weighted by Gasteiger charge is 2.48. The summed E-state index contributed by atoms with van der Waals surface area (Å²) in [4.78, 5) is 12.6. The summed E-state index contributed by atoms with van der Waals surface area (Å²) in [5.74, 6) is 0.292. The van der Waals surface area contributed by atoms with Crippen LogP contribution in [0.3, 0.4) is 0 Å². The van der Waals surface area contributed by atoms with Crippen molar-refractivity contribution in [2.24, 2.45) is 0 Å². The van der Waals surface area contributed by atoms with Gasteiger partial charge in [-0.3, -0.25) is 4.98 Å². The summed E-state index contributed by atoms with van der Waals surface area (Å²) < 4.78 is 76.2. The van der Waals surface area contributed by atoms with E-state index in [1.165, 1.54) is 10.6 Å². The maximum absolute atomic E-state index is 12.6. The Kier molecular flexibility index (Phi) is 6.50. The molecule has 0 spiro atoms. The summed E-state index contributed by atoms with van der Waals surface area (Å²) in [6, 6.07) is 2.78. The molecule has 4 rings (SSSR count). The first kappa shape index (κ1) is 23.7. The maximum atomic E-state index is 12.6. The second-order valence-electron chi connectivity index (χ2n) is 8.41. The van der Waals surface area contributed by atoms with Gasteiger partial charge in [0.2, 0.25) is 21.8 Å². The molecule has 2 bridgehead atoms. The molecule has 2 saturated heterocycles. The molecular weight excluding hydrogens is 461 g/mol. The van der Waals surface area contributed by atoms with Crippen LogP contribution in [0.1, 0.15) is 43.4 Å². The van der Waals surface area contributed by atoms with Crippen LogP contribution in [-0.2, 0) is 10.0 Å². The fraction of sp³-hybridized carbons (Fsp3) is 0.571. The number of piperidine rings is 1. The van der Waals surface area contributed by atoms with Gasteiger partial charge < -0.3 is 9.47 Å². The molecule has 0 N–H and O–H groups in total. The molecule has 1 unspecified atom stereocenters. The molecule has 2 aliphatic rings. The van der Waals surface area contributed by atoms with E-state index in [4.69, 9.17) is 9.47 Å². The molecule has 0 aliphatic carbocycles. The van der Waals surface area contributed by atoms with Crippen molar-refractivity contribution < 1.29 is 31.1 Å². The van der Waals surface area contributed by atoms with Gasteiger partial charge in [-0.15, -0.1) is 0 Å². The van der Waals surface area contributed by atoms with E-state index in [0.717, 1.165) is 0 Å². The number of aromatic nitrogens is 3. The average molecular weight is 487 g/mol. The van der Waals surface area contributed by atoms with Crippen LogP contribution in [0.5, 0.6) is 17.5 Å². The van der Waals surface area contributed by atoms with E-state index >= 15 is 0 Å². The summed E-state index contributed by atoms with van der Waals surface area (Å²) in [5.41, 5.74) is 1.29. The predicted molar refractivity (Wildman–Crippen MR) is 113 cm³/mol. The van der Waals surface area contributed by atoms with Crippen LogP contribution in [0.15, 0.2) is 24.7 Å². The van der Waals surface area contributed by atoms with Gasteiger partial charge in [0.15, 0.2) is 5.75 Å². The van der Waals surface area contributed by atoms with Gasteiger partial charge >= 0.3 is 6.18 Å². The van der Waals surface area contributed by atoms with E-state index in [9.17, 15) is 21.6 Å². The molecule has 2 fully saturated rings. The predicted octanol–water partition coefficient (Wildman–Crippen LogP) is 3.94. The lowest BCUT2D eigenvalue weighted by atomic mass is 10.0. The molecule has 180 valence electrons. The maximum Gasteiger partial charge on any atom is 0.390 e. The van der Waals surface area contributed by atoms with Crippen molar-refractivity contribution in [3.05, 3.63) is 35.9 Å². The van der Waals surface area contributed by atoms with Gasteiger partial charge in [-0.2, -0.15) is 17.5 Å². The smallest absolute Gasteiger partial charge is 0.390 e. The van der Waals surface area contributed by atoms with E-state index in [2.05, 4.69) is 15.0 Å². The number of sulfonamides is 1. The van der Waals surface area contributed by atoms with E-state index in [-0.39, 0.29) is 18.2 Å². The van der Waals surface area contributed by atoms with Crippen LogP contribution in [-0.4, -0.2) is 57.8 Å². The fourth-order valence-electron chi connectivity index (χ4n) is 4.46. The molecule has 8 nitrogen and oxygen atoms in total. The number of alkyl halides is 3. The summed E-state index contributed by atoms with van der Waals surface area (Å²) in [6.45, 7) is 3.58. The van der Waals surface area contributed by atoms with E-state index in [0.29, 0.717) is 54.5 Å². The Morgan fingerprint density at radius 3 is 2.39 bits per heavy atom. The standard InChI is InChI=1S/C21H25F3N4O4S/c1-13-19(26-12-27-20(13)32-18-4-3-8-25-14(18)2)31-17-10-15-5-6-16(11-17)28(15)33(29,30)9-7-21(22,23)24/h3-4,8,12,15-17H,5-7,9-11H2,1-2H3/t15-,16+,17?. The van der Waals surface area contributed by atoms with Crippen LogP contribution in [0, 0.1) is 13.8 Å². The molecule has 0 aromatic carbocycles. The summed E-state index contributed by atoms with van der Waals surface area (Å²) in [5, 5.41) is 0. The number of nitrogens with zero attached hydrogens (tertiary/aromatic N) is 4. The number of hydrogen-bond donors (Lipinski definition) is 0. The zero-order valence-electron chi connectivity index (χ0n) is 18.2. The minimum absolute atomic E-state index is 0.307. The first-order valence-corrected chi connectivity index (χ1v) is 12.3. The fourth-order valence-corrected chi connectivity index (χ4v) is 6.46. The lowest BCUT2D eigenvalue weighted by Crippen LogP contribution is -2.50. The quantitative estimate of drug-likeness (QED) is 0.585. The monoisotopic (exact) mass is 486 g/mol. The van der Waals surface area contributed by atoms with Gasteiger partial charge in [-0.1, -0.05) is 0 Å². The zero-order valence-corrected chi connectivity index (χ0v) is 19.1. The molecule has 2 aromatic rings. The van der Waals surface area contributed by atoms with E-state index in [1.807, 2.05) is 6.92 Å². The second-order valence-corrected chi connectivity index (χ2v) is 10.4. The third-order valence-corrected chi connectivity index (χ3v) is 7.98. The van der Waals surface area contributed by atoms with Crippen LogP contribution < -0.4 is 9.47 Å². The Morgan fingerprint density at radius 2 is 1.76 bits per heavy atom. The summed E-state index contributed by atoms with van der Waals surface area (Å²) in [7, 11) is -4.00. The summed E-state index contributed by atoms with van der Waals surface area (Å²) >= 11 is 0.